The highest BCUT2D eigenvalue weighted by Crippen LogP contribution is 2.61. The van der Waals surface area contributed by atoms with Crippen LogP contribution in [0.2, 0.25) is 5.02 Å². The number of rotatable bonds is 5. The smallest absolute Gasteiger partial charge is 0.257 e. The van der Waals surface area contributed by atoms with E-state index in [2.05, 4.69) is 5.10 Å². The summed E-state index contributed by atoms with van der Waals surface area (Å²) in [6, 6.07) is 10.1. The van der Waals surface area contributed by atoms with Gasteiger partial charge in [-0.05, 0) is 68.4 Å². The third-order valence-electron chi connectivity index (χ3n) is 8.25. The van der Waals surface area contributed by atoms with E-state index in [-0.39, 0.29) is 11.3 Å². The fourth-order valence-corrected chi connectivity index (χ4v) is 7.38. The van der Waals surface area contributed by atoms with E-state index in [9.17, 15) is 4.79 Å². The van der Waals surface area contributed by atoms with Crippen LogP contribution in [0.5, 0.6) is 0 Å². The molecule has 172 valence electrons. The van der Waals surface area contributed by atoms with Crippen LogP contribution in [0.1, 0.15) is 60.3 Å². The van der Waals surface area contributed by atoms with E-state index < -0.39 is 0 Å². The Kier molecular flexibility index (Phi) is 4.91. The summed E-state index contributed by atoms with van der Waals surface area (Å²) in [7, 11) is 3.70. The van der Waals surface area contributed by atoms with Crippen LogP contribution >= 0.6 is 11.6 Å². The van der Waals surface area contributed by atoms with Crippen LogP contribution in [0.15, 0.2) is 42.7 Å². The molecule has 4 fully saturated rings. The van der Waals surface area contributed by atoms with E-state index in [4.69, 9.17) is 16.7 Å². The molecule has 4 aliphatic carbocycles. The van der Waals surface area contributed by atoms with E-state index in [0.717, 1.165) is 40.4 Å². The predicted octanol–water partition coefficient (Wildman–Crippen LogP) is 5.00. The second-order valence-electron chi connectivity index (χ2n) is 10.6. The average Bonchev–Trinajstić information content (AvgIpc) is 3.38. The largest absolute Gasteiger partial charge is 0.336 e. The lowest BCUT2D eigenvalue weighted by Gasteiger charge is -2.56. The highest BCUT2D eigenvalue weighted by molar-refractivity contribution is 6.31. The third-order valence-corrected chi connectivity index (χ3v) is 8.57. The van der Waals surface area contributed by atoms with Crippen molar-refractivity contribution < 1.29 is 4.79 Å². The topological polar surface area (TPSA) is 56.0 Å². The molecule has 7 rings (SSSR count). The summed E-state index contributed by atoms with van der Waals surface area (Å²) < 4.78 is 3.64. The summed E-state index contributed by atoms with van der Waals surface area (Å²) in [6.07, 6.45) is 11.2. The van der Waals surface area contributed by atoms with Gasteiger partial charge >= 0.3 is 0 Å². The summed E-state index contributed by atoms with van der Waals surface area (Å²) >= 11 is 6.33. The number of hydrogen-bond donors (Lipinski definition) is 0. The van der Waals surface area contributed by atoms with Crippen LogP contribution in [0.25, 0.3) is 5.69 Å². The Bertz CT molecular complexity index is 1140. The van der Waals surface area contributed by atoms with E-state index in [1.807, 2.05) is 55.3 Å². The number of aromatic nitrogens is 4. The van der Waals surface area contributed by atoms with Crippen molar-refractivity contribution in [3.05, 3.63) is 64.7 Å². The van der Waals surface area contributed by atoms with E-state index >= 15 is 0 Å². The van der Waals surface area contributed by atoms with Gasteiger partial charge in [-0.2, -0.15) is 10.2 Å². The van der Waals surface area contributed by atoms with Crippen molar-refractivity contribution >= 4 is 17.5 Å². The van der Waals surface area contributed by atoms with Gasteiger partial charge in [0, 0.05) is 25.7 Å². The highest BCUT2D eigenvalue weighted by atomic mass is 35.5. The molecular weight excluding hydrogens is 434 g/mol. The number of halogens is 1. The van der Waals surface area contributed by atoms with Gasteiger partial charge in [0.25, 0.3) is 5.91 Å². The Balaban J connectivity index is 1.40. The zero-order chi connectivity index (χ0) is 22.7. The van der Waals surface area contributed by atoms with Crippen LogP contribution in [-0.2, 0) is 19.0 Å². The molecule has 1 aromatic carbocycles. The quantitative estimate of drug-likeness (QED) is 0.535. The van der Waals surface area contributed by atoms with Crippen LogP contribution in [0, 0.1) is 17.8 Å². The Morgan fingerprint density at radius 2 is 1.76 bits per heavy atom. The van der Waals surface area contributed by atoms with E-state index in [1.54, 1.807) is 15.8 Å². The molecule has 1 amide bonds. The molecule has 0 unspecified atom stereocenters. The van der Waals surface area contributed by atoms with Crippen LogP contribution in [0.4, 0.5) is 0 Å². The number of para-hydroxylation sites is 1. The second kappa shape index (κ2) is 7.73. The van der Waals surface area contributed by atoms with Crippen LogP contribution < -0.4 is 0 Å². The van der Waals surface area contributed by atoms with Gasteiger partial charge in [-0.15, -0.1) is 0 Å². The van der Waals surface area contributed by atoms with Crippen molar-refractivity contribution in [2.45, 2.75) is 50.5 Å². The first-order chi connectivity index (χ1) is 15.9. The Morgan fingerprint density at radius 1 is 1.12 bits per heavy atom. The number of hydrogen-bond acceptors (Lipinski definition) is 3. The number of nitrogens with zero attached hydrogens (tertiary/aromatic N) is 5. The predicted molar refractivity (Wildman–Crippen MR) is 127 cm³/mol. The Hall–Kier alpha value is -2.60. The summed E-state index contributed by atoms with van der Waals surface area (Å²) in [4.78, 5) is 15.6. The molecule has 3 aromatic rings. The lowest BCUT2D eigenvalue weighted by molar-refractivity contribution is -0.00783. The standard InChI is InChI=1S/C26H30ClN5O/c1-30(16-23-22(27)14-28-31(23)2)25(33)21-15-32(20-6-4-3-5-7-20)29-24(21)26-11-17-8-18(12-26)10-19(9-17)13-26/h3-7,14-15,17-19H,8-13,16H2,1-2H3. The molecule has 4 saturated carbocycles. The Morgan fingerprint density at radius 3 is 2.33 bits per heavy atom. The van der Waals surface area contributed by atoms with Crippen molar-refractivity contribution in [2.24, 2.45) is 24.8 Å². The first-order valence-corrected chi connectivity index (χ1v) is 12.4. The summed E-state index contributed by atoms with van der Waals surface area (Å²) in [5, 5.41) is 9.93. The molecule has 0 N–H and O–H groups in total. The lowest BCUT2D eigenvalue weighted by Crippen LogP contribution is -2.49. The monoisotopic (exact) mass is 463 g/mol. The SMILES string of the molecule is CN(Cc1c(Cl)cnn1C)C(=O)c1cn(-c2ccccc2)nc1C12CC3CC(CC(C3)C1)C2. The maximum Gasteiger partial charge on any atom is 0.257 e. The normalized spacial score (nSPS) is 27.8. The maximum absolute atomic E-state index is 13.9. The zero-order valence-electron chi connectivity index (χ0n) is 19.2. The molecule has 0 saturated heterocycles. The summed E-state index contributed by atoms with van der Waals surface area (Å²) in [5.41, 5.74) is 3.60. The summed E-state index contributed by atoms with van der Waals surface area (Å²) in [5.74, 6) is 2.35. The van der Waals surface area contributed by atoms with Crippen molar-refractivity contribution in [2.75, 3.05) is 7.05 Å². The molecule has 6 nitrogen and oxygen atoms in total. The van der Waals surface area contributed by atoms with Crippen LogP contribution in [0.3, 0.4) is 0 Å². The van der Waals surface area contributed by atoms with Crippen LogP contribution in [-0.4, -0.2) is 37.4 Å². The van der Waals surface area contributed by atoms with Crippen molar-refractivity contribution in [3.63, 3.8) is 0 Å². The number of carbonyl (C=O) groups excluding carboxylic acids is 1. The molecule has 4 bridgehead atoms. The molecule has 0 spiro atoms. The van der Waals surface area contributed by atoms with Crippen molar-refractivity contribution in [1.82, 2.24) is 24.5 Å². The number of benzene rings is 1. The van der Waals surface area contributed by atoms with E-state index in [0.29, 0.717) is 11.6 Å². The van der Waals surface area contributed by atoms with E-state index in [1.165, 1.54) is 38.5 Å². The molecule has 0 radical (unpaired) electrons. The van der Waals surface area contributed by atoms with Gasteiger partial charge in [-0.1, -0.05) is 29.8 Å². The van der Waals surface area contributed by atoms with Gasteiger partial charge in [0.1, 0.15) is 0 Å². The fourth-order valence-electron chi connectivity index (χ4n) is 7.15. The van der Waals surface area contributed by atoms with Gasteiger partial charge in [0.15, 0.2) is 0 Å². The molecule has 0 aliphatic heterocycles. The van der Waals surface area contributed by atoms with Gasteiger partial charge in [0.05, 0.1) is 40.4 Å². The van der Waals surface area contributed by atoms with Crippen molar-refractivity contribution in [3.8, 4) is 5.69 Å². The average molecular weight is 464 g/mol. The summed E-state index contributed by atoms with van der Waals surface area (Å²) in [6.45, 7) is 0.408. The fraction of sp³-hybridized carbons (Fsp3) is 0.500. The minimum Gasteiger partial charge on any atom is -0.336 e. The first-order valence-electron chi connectivity index (χ1n) is 12.0. The number of amides is 1. The Labute approximate surface area is 199 Å². The third kappa shape index (κ3) is 3.50. The minimum atomic E-state index is 0.000179. The molecule has 33 heavy (non-hydrogen) atoms. The maximum atomic E-state index is 13.9. The molecule has 7 heteroatoms. The van der Waals surface area contributed by atoms with Crippen molar-refractivity contribution in [1.29, 1.82) is 0 Å². The van der Waals surface area contributed by atoms with Gasteiger partial charge in [-0.3, -0.25) is 9.48 Å². The minimum absolute atomic E-state index is 0.000179. The molecule has 4 aliphatic rings. The molecular formula is C26H30ClN5O. The molecule has 2 heterocycles. The second-order valence-corrected chi connectivity index (χ2v) is 11.0. The molecule has 0 atom stereocenters. The zero-order valence-corrected chi connectivity index (χ0v) is 20.0. The lowest BCUT2D eigenvalue weighted by atomic mass is 9.48. The number of aryl methyl sites for hydroxylation is 1. The van der Waals surface area contributed by atoms with Gasteiger partial charge in [-0.25, -0.2) is 4.68 Å². The van der Waals surface area contributed by atoms with Gasteiger partial charge < -0.3 is 4.90 Å². The molecule has 2 aromatic heterocycles. The first kappa shape index (κ1) is 21.0. The highest BCUT2D eigenvalue weighted by Gasteiger charge is 2.54. The number of carbonyl (C=O) groups is 1. The van der Waals surface area contributed by atoms with Gasteiger partial charge in [0.2, 0.25) is 0 Å².